The van der Waals surface area contributed by atoms with Crippen LogP contribution in [0.15, 0.2) is 48.8 Å². The van der Waals surface area contributed by atoms with Crippen LogP contribution in [-0.2, 0) is 14.3 Å². The third kappa shape index (κ3) is 6.18. The van der Waals surface area contributed by atoms with Crippen molar-refractivity contribution in [1.29, 1.82) is 0 Å². The van der Waals surface area contributed by atoms with Gasteiger partial charge in [0.25, 0.3) is 0 Å². The third-order valence-electron chi connectivity index (χ3n) is 7.26. The van der Waals surface area contributed by atoms with Gasteiger partial charge < -0.3 is 30.6 Å². The zero-order chi connectivity index (χ0) is 27.7. The van der Waals surface area contributed by atoms with Crippen molar-refractivity contribution in [2.24, 2.45) is 5.73 Å². The normalized spacial score (nSPS) is 21.9. The molecule has 2 aromatic carbocycles. The molecule has 0 radical (unpaired) electrons. The number of nitrogens with zero attached hydrogens (tertiary/aromatic N) is 3. The minimum atomic E-state index is -0.516. The largest absolute Gasteiger partial charge is 0.489 e. The predicted molar refractivity (Wildman–Crippen MR) is 150 cm³/mol. The van der Waals surface area contributed by atoms with Gasteiger partial charge in [0, 0.05) is 42.9 Å². The molecule has 1 amide bonds. The smallest absolute Gasteiger partial charge is 0.248 e. The van der Waals surface area contributed by atoms with Gasteiger partial charge in [0.05, 0.1) is 47.2 Å². The molecule has 10 nitrogen and oxygen atoms in total. The number of likely N-dealkylation sites (tertiary alicyclic amines) is 1. The monoisotopic (exact) mass is 568 g/mol. The molecule has 6 rings (SSSR count). The van der Waals surface area contributed by atoms with Crippen molar-refractivity contribution < 1.29 is 23.4 Å². The van der Waals surface area contributed by atoms with Gasteiger partial charge in [-0.3, -0.25) is 9.69 Å². The number of hydrogen-bond donors (Lipinski definition) is 3. The number of rotatable bonds is 9. The van der Waals surface area contributed by atoms with Crippen LogP contribution in [0.3, 0.4) is 0 Å². The molecular formula is C28H30ClFN6O4. The lowest BCUT2D eigenvalue weighted by Crippen LogP contribution is -2.36. The first-order chi connectivity index (χ1) is 19.3. The van der Waals surface area contributed by atoms with Crippen LogP contribution < -0.4 is 21.1 Å². The summed E-state index contributed by atoms with van der Waals surface area (Å²) in [5, 5.41) is 6.70. The van der Waals surface area contributed by atoms with Crippen LogP contribution in [-0.4, -0.2) is 78.0 Å². The Hall–Kier alpha value is -3.35. The van der Waals surface area contributed by atoms with Crippen LogP contribution in [0.1, 0.15) is 12.8 Å². The van der Waals surface area contributed by atoms with Crippen molar-refractivity contribution >= 4 is 45.6 Å². The number of hydrogen-bond acceptors (Lipinski definition) is 9. The number of carbonyl (C=O) groups excluding carboxylic acids is 1. The van der Waals surface area contributed by atoms with Gasteiger partial charge >= 0.3 is 0 Å². The van der Waals surface area contributed by atoms with Crippen molar-refractivity contribution in [3.05, 3.63) is 59.7 Å². The van der Waals surface area contributed by atoms with Gasteiger partial charge in [-0.15, -0.1) is 0 Å². The van der Waals surface area contributed by atoms with E-state index in [-0.39, 0.29) is 28.7 Å². The Morgan fingerprint density at radius 1 is 1.20 bits per heavy atom. The summed E-state index contributed by atoms with van der Waals surface area (Å²) >= 11 is 5.95. The van der Waals surface area contributed by atoms with Gasteiger partial charge in [-0.1, -0.05) is 17.7 Å². The van der Waals surface area contributed by atoms with Crippen LogP contribution in [0.5, 0.6) is 5.75 Å². The second kappa shape index (κ2) is 11.3. The molecule has 2 atom stereocenters. The average molecular weight is 569 g/mol. The summed E-state index contributed by atoms with van der Waals surface area (Å²) < 4.78 is 31.2. The summed E-state index contributed by atoms with van der Waals surface area (Å²) in [4.78, 5) is 23.9. The predicted octanol–water partition coefficient (Wildman–Crippen LogP) is 3.63. The van der Waals surface area contributed by atoms with E-state index in [9.17, 15) is 9.18 Å². The van der Waals surface area contributed by atoms with Crippen molar-refractivity contribution in [1.82, 2.24) is 14.9 Å². The highest BCUT2D eigenvalue weighted by atomic mass is 35.5. The van der Waals surface area contributed by atoms with Crippen molar-refractivity contribution in [2.75, 3.05) is 50.1 Å². The van der Waals surface area contributed by atoms with Crippen molar-refractivity contribution in [2.45, 2.75) is 30.6 Å². The molecule has 40 heavy (non-hydrogen) atoms. The maximum atomic E-state index is 13.6. The highest BCUT2D eigenvalue weighted by molar-refractivity contribution is 6.31. The molecule has 3 heterocycles. The minimum absolute atomic E-state index is 0.0117. The lowest BCUT2D eigenvalue weighted by Gasteiger charge is -2.24. The number of aromatic nitrogens is 2. The molecule has 2 saturated heterocycles. The number of benzene rings is 2. The molecule has 1 saturated carbocycles. The van der Waals surface area contributed by atoms with E-state index in [0.717, 1.165) is 25.9 Å². The maximum absolute atomic E-state index is 13.6. The molecule has 1 aromatic heterocycles. The fourth-order valence-corrected chi connectivity index (χ4v) is 4.99. The van der Waals surface area contributed by atoms with E-state index in [1.807, 2.05) is 6.08 Å². The lowest BCUT2D eigenvalue weighted by atomic mass is 10.1. The Balaban J connectivity index is 1.21. The minimum Gasteiger partial charge on any atom is -0.489 e. The van der Waals surface area contributed by atoms with Crippen molar-refractivity contribution in [3.8, 4) is 5.75 Å². The highest BCUT2D eigenvalue weighted by Gasteiger charge is 2.39. The van der Waals surface area contributed by atoms with Crippen LogP contribution >= 0.6 is 11.6 Å². The molecule has 3 aromatic rings. The second-order valence-electron chi connectivity index (χ2n) is 10.4. The van der Waals surface area contributed by atoms with E-state index < -0.39 is 5.82 Å². The summed E-state index contributed by atoms with van der Waals surface area (Å²) in [6, 6.07) is 7.80. The van der Waals surface area contributed by atoms with Gasteiger partial charge in [0.2, 0.25) is 5.91 Å². The van der Waals surface area contributed by atoms with Gasteiger partial charge in [-0.05, 0) is 37.1 Å². The molecule has 0 spiro atoms. The summed E-state index contributed by atoms with van der Waals surface area (Å²) in [5.74, 6) is 0.0950. The van der Waals surface area contributed by atoms with Crippen LogP contribution in [0.25, 0.3) is 10.9 Å². The number of ether oxygens (including phenoxy) is 3. The quantitative estimate of drug-likeness (QED) is 0.332. The number of carbonyl (C=O) groups is 1. The number of amides is 1. The van der Waals surface area contributed by atoms with Gasteiger partial charge in [0.15, 0.2) is 0 Å². The first-order valence-corrected chi connectivity index (χ1v) is 13.6. The molecule has 3 aliphatic rings. The fourth-order valence-electron chi connectivity index (χ4n) is 4.81. The Morgan fingerprint density at radius 2 is 1.98 bits per heavy atom. The molecule has 2 unspecified atom stereocenters. The van der Waals surface area contributed by atoms with E-state index in [1.165, 1.54) is 24.5 Å². The lowest BCUT2D eigenvalue weighted by molar-refractivity contribution is -0.116. The van der Waals surface area contributed by atoms with Crippen LogP contribution in [0.4, 0.5) is 21.6 Å². The Bertz CT molecular complexity index is 1440. The maximum Gasteiger partial charge on any atom is 0.248 e. The van der Waals surface area contributed by atoms with Gasteiger partial charge in [-0.2, -0.15) is 0 Å². The standard InChI is InChI=1S/C28H30ClFN6O4/c29-19-10-17(3-4-20(19)30)34-27-18-11-22(23(12-21(18)32-16-33-27)40-15-28(31)5-6-28)35-26(37)2-1-7-36-13-24-25(14-36)39-9-8-38-24/h1-4,10-12,16,24-25H,5-9,13-15,31H2,(H,35,37)(H,32,33,34). The number of nitrogens with two attached hydrogens (primary N) is 1. The topological polar surface area (TPSA) is 124 Å². The van der Waals surface area contributed by atoms with Crippen molar-refractivity contribution in [3.63, 3.8) is 0 Å². The summed E-state index contributed by atoms with van der Waals surface area (Å²) in [6.45, 7) is 3.71. The van der Waals surface area contributed by atoms with E-state index in [2.05, 4.69) is 25.5 Å². The summed E-state index contributed by atoms with van der Waals surface area (Å²) in [5.41, 5.74) is 7.49. The molecule has 1 aliphatic carbocycles. The summed E-state index contributed by atoms with van der Waals surface area (Å²) in [7, 11) is 0. The first kappa shape index (κ1) is 26.9. The second-order valence-corrected chi connectivity index (χ2v) is 10.8. The zero-order valence-electron chi connectivity index (χ0n) is 21.7. The van der Waals surface area contributed by atoms with Gasteiger partial charge in [0.1, 0.15) is 30.3 Å². The van der Waals surface area contributed by atoms with E-state index in [0.29, 0.717) is 60.2 Å². The highest BCUT2D eigenvalue weighted by Crippen LogP contribution is 2.37. The Kier molecular flexibility index (Phi) is 7.56. The summed E-state index contributed by atoms with van der Waals surface area (Å²) in [6.07, 6.45) is 6.68. The molecular weight excluding hydrogens is 539 g/mol. The van der Waals surface area contributed by atoms with E-state index >= 15 is 0 Å². The number of anilines is 3. The molecule has 2 aliphatic heterocycles. The zero-order valence-corrected chi connectivity index (χ0v) is 22.5. The van der Waals surface area contributed by atoms with Crippen LogP contribution in [0.2, 0.25) is 5.02 Å². The van der Waals surface area contributed by atoms with Crippen LogP contribution in [0, 0.1) is 5.82 Å². The number of halogens is 2. The van der Waals surface area contributed by atoms with Gasteiger partial charge in [-0.25, -0.2) is 14.4 Å². The first-order valence-electron chi connectivity index (χ1n) is 13.2. The number of fused-ring (bicyclic) bond motifs is 2. The molecule has 4 N–H and O–H groups in total. The molecule has 210 valence electrons. The third-order valence-corrected chi connectivity index (χ3v) is 7.54. The SMILES string of the molecule is NC1(COc2cc3ncnc(Nc4ccc(F)c(Cl)c4)c3cc2NC(=O)C=CCN2CC3OCCOC3C2)CC1. The number of nitrogens with one attached hydrogen (secondary N) is 2. The van der Waals surface area contributed by atoms with E-state index in [4.69, 9.17) is 31.5 Å². The molecule has 3 fully saturated rings. The molecule has 12 heteroatoms. The Morgan fingerprint density at radius 3 is 2.70 bits per heavy atom. The fraction of sp³-hybridized carbons (Fsp3) is 0.393. The van der Waals surface area contributed by atoms with E-state index in [1.54, 1.807) is 18.2 Å². The molecule has 0 bridgehead atoms. The average Bonchev–Trinajstić information content (AvgIpc) is 3.53. The Labute approximate surface area is 235 Å².